The van der Waals surface area contributed by atoms with Gasteiger partial charge in [0.05, 0.1) is 19.0 Å². The molecular weight excluding hydrogens is 489 g/mol. The summed E-state index contributed by atoms with van der Waals surface area (Å²) < 4.78 is 41.3. The Bertz CT molecular complexity index is 1300. The molecule has 7 nitrogen and oxygen atoms in total. The average molecular weight is 515 g/mol. The van der Waals surface area contributed by atoms with Crippen molar-refractivity contribution in [1.29, 1.82) is 0 Å². The molecule has 3 fully saturated rings. The Morgan fingerprint density at radius 3 is 2.47 bits per heavy atom. The lowest BCUT2D eigenvalue weighted by atomic mass is 9.91. The predicted molar refractivity (Wildman–Crippen MR) is 130 cm³/mol. The molecule has 188 valence electrons. The van der Waals surface area contributed by atoms with E-state index < -0.39 is 23.3 Å². The fourth-order valence-corrected chi connectivity index (χ4v) is 5.34. The van der Waals surface area contributed by atoms with Crippen molar-refractivity contribution in [2.45, 2.75) is 54.3 Å². The number of H-pyrrole nitrogens is 1. The summed E-state index contributed by atoms with van der Waals surface area (Å²) in [6.45, 7) is 2.54. The number of carbonyl (C=O) groups is 1. The van der Waals surface area contributed by atoms with Crippen LogP contribution in [0.25, 0.3) is 0 Å². The third-order valence-corrected chi connectivity index (χ3v) is 7.79. The van der Waals surface area contributed by atoms with E-state index in [0.29, 0.717) is 41.3 Å². The number of aromatic amines is 1. The number of benzene rings is 1. The number of alkyl halides is 3. The predicted octanol–water partition coefficient (Wildman–Crippen LogP) is 5.11. The molecule has 1 aliphatic heterocycles. The van der Waals surface area contributed by atoms with Crippen LogP contribution in [0.3, 0.4) is 0 Å². The minimum atomic E-state index is -2.84. The molecule has 1 unspecified atom stereocenters. The first kappa shape index (κ1) is 23.3. The normalized spacial score (nSPS) is 21.7. The number of hydrogen-bond donors (Lipinski definition) is 2. The molecule has 36 heavy (non-hydrogen) atoms. The van der Waals surface area contributed by atoms with Crippen molar-refractivity contribution in [3.63, 3.8) is 0 Å². The molecule has 3 heterocycles. The molecular formula is C25H25F3N6OS. The van der Waals surface area contributed by atoms with Gasteiger partial charge in [0.2, 0.25) is 0 Å². The van der Waals surface area contributed by atoms with Gasteiger partial charge in [-0.3, -0.25) is 9.89 Å². The largest absolute Gasteiger partial charge is 0.350 e. The summed E-state index contributed by atoms with van der Waals surface area (Å²) in [5.74, 6) is -2.45. The Morgan fingerprint density at radius 1 is 1.14 bits per heavy atom. The van der Waals surface area contributed by atoms with Gasteiger partial charge in [-0.25, -0.2) is 23.1 Å². The molecule has 0 bridgehead atoms. The highest BCUT2D eigenvalue weighted by Gasteiger charge is 2.60. The summed E-state index contributed by atoms with van der Waals surface area (Å²) >= 11 is 1.33. The van der Waals surface area contributed by atoms with E-state index in [0.717, 1.165) is 23.4 Å². The number of aryl methyl sites for hydroxylation is 1. The highest BCUT2D eigenvalue weighted by atomic mass is 32.2. The van der Waals surface area contributed by atoms with Gasteiger partial charge in [-0.2, -0.15) is 5.10 Å². The molecule has 1 saturated heterocycles. The van der Waals surface area contributed by atoms with E-state index in [-0.39, 0.29) is 18.8 Å². The molecule has 2 aromatic heterocycles. The number of nitrogens with one attached hydrogen (secondary N) is 2. The number of Topliss-reactive ketones (excluding diaryl/α,β-unsaturated/α-hetero) is 1. The monoisotopic (exact) mass is 514 g/mol. The van der Waals surface area contributed by atoms with Crippen molar-refractivity contribution < 1.29 is 18.0 Å². The number of ketones is 1. The molecule has 3 aliphatic rings. The van der Waals surface area contributed by atoms with Crippen LogP contribution in [0.4, 0.5) is 30.6 Å². The van der Waals surface area contributed by atoms with Gasteiger partial charge in [-0.1, -0.05) is 12.1 Å². The second-order valence-corrected chi connectivity index (χ2v) is 11.1. The van der Waals surface area contributed by atoms with Crippen LogP contribution in [0.15, 0.2) is 46.5 Å². The molecule has 1 atom stereocenters. The topological polar surface area (TPSA) is 86.8 Å². The Balaban J connectivity index is 1.18. The van der Waals surface area contributed by atoms with Gasteiger partial charge in [0, 0.05) is 35.6 Å². The highest BCUT2D eigenvalue weighted by Crippen LogP contribution is 2.50. The second kappa shape index (κ2) is 8.50. The molecule has 0 amide bonds. The van der Waals surface area contributed by atoms with Crippen LogP contribution in [0.2, 0.25) is 0 Å². The zero-order valence-corrected chi connectivity index (χ0v) is 20.4. The molecule has 6 rings (SSSR count). The third-order valence-electron chi connectivity index (χ3n) is 6.92. The number of rotatable bonds is 9. The third kappa shape index (κ3) is 4.80. The Hall–Kier alpha value is -3.08. The van der Waals surface area contributed by atoms with E-state index in [1.165, 1.54) is 11.8 Å². The lowest BCUT2D eigenvalue weighted by Crippen LogP contribution is -2.60. The molecule has 2 N–H and O–H groups in total. The maximum Gasteiger partial charge on any atom is 0.258 e. The number of nitrogens with zero attached hydrogens (tertiary/aromatic N) is 4. The molecule has 0 spiro atoms. The van der Waals surface area contributed by atoms with E-state index in [1.807, 2.05) is 30.0 Å². The Kier molecular flexibility index (Phi) is 5.51. The molecule has 0 radical (unpaired) electrons. The Morgan fingerprint density at radius 2 is 1.86 bits per heavy atom. The standard InChI is InChI=1S/C25H25F3N6OS/c1-14-8-21(33-32-14)29-20-10-22(34-12-24(26,13-34)16-4-5-16)31-23(30-20)36-17-6-2-15(3-7-17)9-19(35)18-11-25(18,27)28/h2-3,6-8,10,16,18H,4-5,9,11-13H2,1H3,(H2,29,30,31,32,33). The van der Waals surface area contributed by atoms with Crippen LogP contribution in [0.5, 0.6) is 0 Å². The highest BCUT2D eigenvalue weighted by molar-refractivity contribution is 7.99. The van der Waals surface area contributed by atoms with Crippen LogP contribution in [0, 0.1) is 18.8 Å². The van der Waals surface area contributed by atoms with Crippen molar-refractivity contribution in [3.05, 3.63) is 47.7 Å². The van der Waals surface area contributed by atoms with E-state index in [4.69, 9.17) is 0 Å². The van der Waals surface area contributed by atoms with Gasteiger partial charge in [-0.15, -0.1) is 0 Å². The lowest BCUT2D eigenvalue weighted by molar-refractivity contribution is -0.121. The minimum absolute atomic E-state index is 0.00469. The second-order valence-electron chi connectivity index (χ2n) is 10.0. The zero-order valence-electron chi connectivity index (χ0n) is 19.6. The van der Waals surface area contributed by atoms with Crippen LogP contribution in [0.1, 0.15) is 30.5 Å². The summed E-state index contributed by atoms with van der Waals surface area (Å²) in [6.07, 6.45) is 1.55. The van der Waals surface area contributed by atoms with E-state index >= 15 is 0 Å². The molecule has 11 heteroatoms. The van der Waals surface area contributed by atoms with Gasteiger partial charge >= 0.3 is 0 Å². The number of halogens is 3. The van der Waals surface area contributed by atoms with Gasteiger partial charge in [0.25, 0.3) is 5.92 Å². The zero-order chi connectivity index (χ0) is 25.1. The molecule has 3 aromatic rings. The van der Waals surface area contributed by atoms with Gasteiger partial charge in [0.1, 0.15) is 23.1 Å². The first-order valence-corrected chi connectivity index (χ1v) is 12.8. The fourth-order valence-electron chi connectivity index (χ4n) is 4.57. The van der Waals surface area contributed by atoms with E-state index in [1.54, 1.807) is 18.2 Å². The summed E-state index contributed by atoms with van der Waals surface area (Å²) in [4.78, 5) is 24.1. The smallest absolute Gasteiger partial charge is 0.258 e. The minimum Gasteiger partial charge on any atom is -0.350 e. The number of aromatic nitrogens is 4. The number of carbonyl (C=O) groups excluding carboxylic acids is 1. The molecule has 1 aromatic carbocycles. The van der Waals surface area contributed by atoms with Gasteiger partial charge < -0.3 is 10.2 Å². The summed E-state index contributed by atoms with van der Waals surface area (Å²) in [6, 6.07) is 10.8. The van der Waals surface area contributed by atoms with Crippen molar-refractivity contribution in [1.82, 2.24) is 20.2 Å². The number of hydrogen-bond acceptors (Lipinski definition) is 7. The summed E-state index contributed by atoms with van der Waals surface area (Å²) in [5.41, 5.74) is 0.459. The maximum absolute atomic E-state index is 15.0. The van der Waals surface area contributed by atoms with Crippen molar-refractivity contribution in [3.8, 4) is 0 Å². The van der Waals surface area contributed by atoms with Crippen LogP contribution in [-0.2, 0) is 11.2 Å². The maximum atomic E-state index is 15.0. The van der Waals surface area contributed by atoms with Crippen LogP contribution >= 0.6 is 11.8 Å². The summed E-state index contributed by atoms with van der Waals surface area (Å²) in [5, 5.41) is 10.7. The SMILES string of the molecule is Cc1cc(Nc2cc(N3CC(F)(C4CC4)C3)nc(Sc3ccc(CC(=O)C4CC4(F)F)cc3)n2)n[nH]1. The lowest BCUT2D eigenvalue weighted by Gasteiger charge is -2.45. The van der Waals surface area contributed by atoms with Crippen LogP contribution < -0.4 is 10.2 Å². The first-order chi connectivity index (χ1) is 17.2. The number of anilines is 3. The van der Waals surface area contributed by atoms with Gasteiger partial charge in [0.15, 0.2) is 11.0 Å². The average Bonchev–Trinajstić information content (AvgIpc) is 3.72. The van der Waals surface area contributed by atoms with E-state index in [2.05, 4.69) is 25.5 Å². The van der Waals surface area contributed by atoms with Crippen LogP contribution in [-0.4, -0.2) is 50.6 Å². The molecule has 2 saturated carbocycles. The first-order valence-electron chi connectivity index (χ1n) is 12.0. The fraction of sp³-hybridized carbons (Fsp3) is 0.440. The Labute approximate surface area is 210 Å². The quantitative estimate of drug-likeness (QED) is 0.384. The summed E-state index contributed by atoms with van der Waals surface area (Å²) in [7, 11) is 0. The van der Waals surface area contributed by atoms with Crippen molar-refractivity contribution in [2.24, 2.45) is 11.8 Å². The molecule has 2 aliphatic carbocycles. The van der Waals surface area contributed by atoms with Crippen molar-refractivity contribution in [2.75, 3.05) is 23.3 Å². The van der Waals surface area contributed by atoms with E-state index in [9.17, 15) is 18.0 Å². The van der Waals surface area contributed by atoms with Crippen molar-refractivity contribution >= 4 is 35.0 Å². The van der Waals surface area contributed by atoms with Gasteiger partial charge in [-0.05, 0) is 55.1 Å².